The monoisotopic (exact) mass is 694 g/mol. The number of β-lactam (4-membered cyclic amide) rings is 1. The number of thioether (sulfide) groups is 1. The van der Waals surface area contributed by atoms with E-state index in [1.165, 1.54) is 16.7 Å². The standard InChI is InChI=1S/C20H34N4O6S2.101H2/c1-9(2)20(6,28)13-14-10(3)16(15(18(26)27)24(14)17(13)25)31-19(5)8-22-12(11(19)4)7-23-32(21,29)30;;;;;;;;;;;;;;;;;;;;;;;;;;;;;;;;;;;;;;;;;;;;;;;;;;;;;;;;;;;;;;;;;;;;;;;;;;;;;;;;;;;;;;;;;;;;;;;;;;;;;/h9-14,22-23,28H,7-8H2,1-6H3,(H,26,27)(H2,21,29,30);101*1H/t10-,11?,12-,13-,14-,19-,20-;;;;;;;;;;;;;;;;;;;;;;;;;;;;;;;;;;;;;;;;;;;;;;;;;;;;;;;;;;;;;;;;;;;;;;;;;;;;;;;;;;;;;;;;;;;;;;;;;;;;;/m1...................................................................................................../s1. The number of carbonyl (C=O) groups excluding carboxylic acids is 1. The predicted molar refractivity (Wildman–Crippen MR) is 335 cm³/mol. The normalized spacial score (nSPS) is 37.0. The summed E-state index contributed by atoms with van der Waals surface area (Å²) in [5.74, 6) is -2.61. The summed E-state index contributed by atoms with van der Waals surface area (Å²) in [4.78, 5) is 27.1. The molecule has 0 aliphatic carbocycles. The van der Waals surface area contributed by atoms with E-state index in [2.05, 4.69) is 10.0 Å². The van der Waals surface area contributed by atoms with Crippen molar-refractivity contribution in [2.24, 2.45) is 28.8 Å². The second-order valence-corrected chi connectivity index (χ2v) is 12.9. The van der Waals surface area contributed by atoms with E-state index in [9.17, 15) is 28.2 Å². The lowest BCUT2D eigenvalue weighted by molar-refractivity contribution is -0.179. The van der Waals surface area contributed by atoms with Crippen molar-refractivity contribution in [3.8, 4) is 0 Å². The first-order valence-electron chi connectivity index (χ1n) is 10.8. The van der Waals surface area contributed by atoms with Gasteiger partial charge in [0.15, 0.2) is 0 Å². The van der Waals surface area contributed by atoms with Gasteiger partial charge in [0.2, 0.25) is 5.91 Å². The van der Waals surface area contributed by atoms with E-state index in [1.807, 2.05) is 34.6 Å². The average Bonchev–Trinajstić information content (AvgIpc) is 3.05. The highest BCUT2D eigenvalue weighted by Crippen LogP contribution is 2.56. The maximum Gasteiger partial charge on any atom is 0.353 e. The van der Waals surface area contributed by atoms with Crippen LogP contribution in [-0.2, 0) is 19.8 Å². The Bertz CT molecular complexity index is 1060. The van der Waals surface area contributed by atoms with Crippen LogP contribution in [0.15, 0.2) is 10.6 Å². The second kappa shape index (κ2) is 8.24. The number of carboxylic acids is 1. The molecule has 3 aliphatic rings. The van der Waals surface area contributed by atoms with Gasteiger partial charge in [0.25, 0.3) is 10.2 Å². The molecule has 0 bridgehead atoms. The van der Waals surface area contributed by atoms with Crippen LogP contribution in [0.2, 0.25) is 0 Å². The SMILES string of the molecule is CC1[C@@H](CNS(N)(=O)=O)NC[C@@]1(C)SC1=C(C(=O)O)N2C(=O)[C@H]([C@](C)(O)C(C)C)[C@H]2[C@H]1C.[HH].[HH].[HH].[HH].[HH].[HH].[HH].[HH].[HH].[HH].[HH].[HH].[HH].[HH].[HH].[HH].[HH].[HH].[HH].[HH].[HH].[HH].[HH].[HH].[HH].[HH].[HH].[HH].[HH].[HH].[HH].[HH].[HH].[HH].[HH].[HH].[HH].[HH].[HH].[HH].[HH].[HH].[HH].[HH].[HH].[HH].[HH].[HH].[HH].[HH].[HH].[HH].[HH].[HH].[HH].[HH].[HH].[HH].[HH].[HH].[HH].[HH].[HH].[HH].[HH].[HH].[HH].[HH].[HH].[HH].[HH].[HH].[HH].[HH].[HH].[HH].[HH].[HH].[HH].[HH].[HH].[HH].[HH].[HH].[HH].[HH].[HH].[HH].[HH].[HH].[HH].[HH].[HH].[HH].[HH].[HH].[HH].[HH].[HH].[HH].[HH]. The van der Waals surface area contributed by atoms with Crippen LogP contribution in [0.1, 0.15) is 186 Å². The zero-order valence-corrected chi connectivity index (χ0v) is 20.9. The van der Waals surface area contributed by atoms with Crippen molar-refractivity contribution in [3.63, 3.8) is 0 Å². The zero-order valence-electron chi connectivity index (χ0n) is 19.2. The van der Waals surface area contributed by atoms with Gasteiger partial charge in [-0.1, -0.05) is 27.7 Å². The van der Waals surface area contributed by atoms with Crippen molar-refractivity contribution < 1.29 is 172 Å². The molecule has 0 aromatic rings. The Morgan fingerprint density at radius 1 is 1.47 bits per heavy atom. The van der Waals surface area contributed by atoms with E-state index in [4.69, 9.17) is 5.14 Å². The minimum atomic E-state index is -3.81. The summed E-state index contributed by atoms with van der Waals surface area (Å²) in [5, 5.41) is 29.3. The molecule has 2 fully saturated rings. The molecule has 7 atom stereocenters. The van der Waals surface area contributed by atoms with Gasteiger partial charge in [-0.25, -0.2) is 14.7 Å². The Hall–Kier alpha value is -1.18. The third kappa shape index (κ3) is 4.09. The van der Waals surface area contributed by atoms with E-state index >= 15 is 0 Å². The Morgan fingerprint density at radius 3 is 2.56 bits per heavy atom. The Balaban J connectivity index is -0.00000000118. The fourth-order valence-corrected chi connectivity index (χ4v) is 7.04. The van der Waals surface area contributed by atoms with Gasteiger partial charge in [-0.3, -0.25) is 4.79 Å². The topological polar surface area (TPSA) is 162 Å². The van der Waals surface area contributed by atoms with Gasteiger partial charge in [0, 0.05) is 179 Å². The van der Waals surface area contributed by atoms with Crippen LogP contribution in [0, 0.1) is 23.7 Å². The highest BCUT2D eigenvalue weighted by molar-refractivity contribution is 8.04. The van der Waals surface area contributed by atoms with Crippen LogP contribution in [-0.4, -0.2) is 70.9 Å². The van der Waals surface area contributed by atoms with Crippen LogP contribution in [0.4, 0.5) is 0 Å². The lowest BCUT2D eigenvalue weighted by atomic mass is 9.68. The van der Waals surface area contributed by atoms with E-state index in [0.29, 0.717) is 11.4 Å². The number of nitrogens with zero attached hydrogens (tertiary/aromatic N) is 1. The molecule has 10 nitrogen and oxygen atoms in total. The molecule has 2 saturated heterocycles. The molecule has 32 heavy (non-hydrogen) atoms. The van der Waals surface area contributed by atoms with Crippen molar-refractivity contribution in [1.29, 1.82) is 0 Å². The number of hydrogen-bond acceptors (Lipinski definition) is 7. The molecular formula is C20H236N4O6S2. The molecule has 12 heteroatoms. The molecule has 1 amide bonds. The number of amides is 1. The van der Waals surface area contributed by atoms with Crippen molar-refractivity contribution in [2.75, 3.05) is 13.1 Å². The van der Waals surface area contributed by atoms with Crippen molar-refractivity contribution in [3.05, 3.63) is 10.6 Å². The van der Waals surface area contributed by atoms with E-state index in [1.54, 1.807) is 6.92 Å². The maximum absolute atomic E-state index is 13.0. The first-order chi connectivity index (χ1) is 14.5. The number of carboxylic acid groups (broad SMARTS) is 1. The zero-order chi connectivity index (χ0) is 24.4. The summed E-state index contributed by atoms with van der Waals surface area (Å²) in [6.07, 6.45) is 0. The summed E-state index contributed by atoms with van der Waals surface area (Å²) in [5.41, 5.74) is -1.25. The first-order valence-corrected chi connectivity index (χ1v) is 13.1. The molecule has 384 valence electrons. The van der Waals surface area contributed by atoms with Crippen molar-refractivity contribution >= 4 is 33.8 Å². The van der Waals surface area contributed by atoms with Gasteiger partial charge in [-0.05, 0) is 25.7 Å². The highest BCUT2D eigenvalue weighted by Gasteiger charge is 2.65. The second-order valence-electron chi connectivity index (χ2n) is 9.95. The number of hydrogen-bond donors (Lipinski definition) is 5. The number of nitrogens with two attached hydrogens (primary N) is 1. The lowest BCUT2D eigenvalue weighted by Crippen LogP contribution is -2.68. The molecular weight excluding hydrogens is 456 g/mol. The van der Waals surface area contributed by atoms with Gasteiger partial charge in [-0.15, -0.1) is 11.8 Å². The van der Waals surface area contributed by atoms with Gasteiger partial charge in [-0.2, -0.15) is 8.42 Å². The first kappa shape index (κ1) is 25.4. The van der Waals surface area contributed by atoms with Gasteiger partial charge in [0.05, 0.1) is 17.6 Å². The van der Waals surface area contributed by atoms with Crippen LogP contribution >= 0.6 is 11.8 Å². The predicted octanol–water partition coefficient (Wildman–Crippen LogP) is 24.9. The van der Waals surface area contributed by atoms with Crippen molar-refractivity contribution in [1.82, 2.24) is 14.9 Å². The molecule has 6 N–H and O–H groups in total. The van der Waals surface area contributed by atoms with Gasteiger partial charge in [0.1, 0.15) is 5.70 Å². The molecule has 0 radical (unpaired) electrons. The van der Waals surface area contributed by atoms with E-state index in [0.717, 1.165) is 0 Å². The summed E-state index contributed by atoms with van der Waals surface area (Å²) in [6, 6.07) is -0.578. The molecule has 3 rings (SSSR count). The summed E-state index contributed by atoms with van der Waals surface area (Å²) >= 11 is 1.43. The summed E-state index contributed by atoms with van der Waals surface area (Å²) in [7, 11) is -3.81. The lowest BCUT2D eigenvalue weighted by Gasteiger charge is -2.52. The Morgan fingerprint density at radius 2 is 2.06 bits per heavy atom. The smallest absolute Gasteiger partial charge is 0.353 e. The minimum absolute atomic E-state index is 0. The van der Waals surface area contributed by atoms with Crippen LogP contribution in [0.3, 0.4) is 0 Å². The Labute approximate surface area is 343 Å². The fourth-order valence-electron chi connectivity index (χ4n) is 5.01. The maximum atomic E-state index is 13.0. The van der Waals surface area contributed by atoms with E-state index < -0.39 is 38.5 Å². The van der Waals surface area contributed by atoms with E-state index in [-0.39, 0.29) is 186 Å². The van der Waals surface area contributed by atoms with Crippen molar-refractivity contribution in [2.45, 2.75) is 64.0 Å². The Kier molecular flexibility index (Phi) is 6.55. The average molecular weight is 694 g/mol. The number of fused-ring (bicyclic) bond motifs is 1. The molecule has 3 aliphatic heterocycles. The third-order valence-corrected chi connectivity index (χ3v) is 10.0. The number of aliphatic hydroxyl groups is 1. The number of carbonyl (C=O) groups is 2. The number of nitrogens with one attached hydrogen (secondary N) is 2. The molecule has 0 spiro atoms. The fraction of sp³-hybridized carbons (Fsp3) is 0.800. The highest BCUT2D eigenvalue weighted by atomic mass is 32.2. The number of rotatable bonds is 8. The van der Waals surface area contributed by atoms with Crippen LogP contribution in [0.5, 0.6) is 0 Å². The number of aliphatic carboxylic acids is 1. The van der Waals surface area contributed by atoms with Crippen LogP contribution < -0.4 is 15.2 Å². The summed E-state index contributed by atoms with van der Waals surface area (Å²) in [6.45, 7) is 11.9. The minimum Gasteiger partial charge on any atom is -0.477 e. The molecule has 1 unspecified atom stereocenters. The molecule has 0 aromatic heterocycles. The van der Waals surface area contributed by atoms with Crippen LogP contribution in [0.25, 0.3) is 0 Å². The third-order valence-electron chi connectivity index (χ3n) is 7.67. The molecule has 0 aromatic carbocycles. The van der Waals surface area contributed by atoms with Gasteiger partial charge >= 0.3 is 5.97 Å². The summed E-state index contributed by atoms with van der Waals surface area (Å²) < 4.78 is 24.4. The molecule has 3 heterocycles. The van der Waals surface area contributed by atoms with Gasteiger partial charge < -0.3 is 20.4 Å². The quantitative estimate of drug-likeness (QED) is 0.157. The molecule has 0 saturated carbocycles. The largest absolute Gasteiger partial charge is 0.477 e.